The molecule has 1 rings (SSSR count). The van der Waals surface area contributed by atoms with Gasteiger partial charge in [0, 0.05) is 0 Å². The van der Waals surface area contributed by atoms with Gasteiger partial charge in [0.25, 0.3) is 5.84 Å². The van der Waals surface area contributed by atoms with E-state index in [1.807, 2.05) is 0 Å². The van der Waals surface area contributed by atoms with Crippen LogP contribution < -0.4 is 0 Å². The number of amidine groups is 1. The van der Waals surface area contributed by atoms with Crippen LogP contribution in [0.25, 0.3) is 0 Å². The number of likely N-dealkylation sites (N-methyl/N-ethyl adjacent to an activating group) is 2. The lowest BCUT2D eigenvalue weighted by atomic mass is 10.5. The maximum atomic E-state index is 5.09. The third-order valence-electron chi connectivity index (χ3n) is 2.19. The van der Waals surface area contributed by atoms with Gasteiger partial charge in [-0.1, -0.05) is 12.2 Å². The van der Waals surface area contributed by atoms with Gasteiger partial charge in [-0.15, -0.1) is 12.6 Å². The van der Waals surface area contributed by atoms with Crippen LogP contribution in [0.1, 0.15) is 13.8 Å². The van der Waals surface area contributed by atoms with Crippen LogP contribution in [0.15, 0.2) is 0 Å². The summed E-state index contributed by atoms with van der Waals surface area (Å²) in [6, 6.07) is 0. The summed E-state index contributed by atoms with van der Waals surface area (Å²) in [6.45, 7) is 8.50. The summed E-state index contributed by atoms with van der Waals surface area (Å²) < 4.78 is 3.00. The van der Waals surface area contributed by atoms with Gasteiger partial charge in [-0.05, 0) is 13.8 Å². The highest BCUT2D eigenvalue weighted by molar-refractivity contribution is 8.13. The minimum atomic E-state index is 0.719. The fourth-order valence-corrected chi connectivity index (χ4v) is 2.08. The minimum Gasteiger partial charge on any atom is -0.257 e. The molecule has 0 unspecified atom stereocenters. The average Bonchev–Trinajstić information content (AvgIpc) is 2.46. The molecule has 68 valence electrons. The van der Waals surface area contributed by atoms with Crippen LogP contribution >= 0.6 is 24.8 Å². The van der Waals surface area contributed by atoms with E-state index in [2.05, 4.69) is 36.0 Å². The topological polar surface area (TPSA) is 6.25 Å². The summed E-state index contributed by atoms with van der Waals surface area (Å²) >= 11 is 9.32. The number of rotatable bonds is 3. The molecule has 0 spiro atoms. The van der Waals surface area contributed by atoms with E-state index in [1.165, 1.54) is 0 Å². The number of hydrogen-bond acceptors (Lipinski definition) is 2. The standard InChI is InChI=1S/C8H14N2S2/c1-3-9-5-6-10(4-2)7(9)8(11)12/h3-6H2,1-2H3/p+1. The molecule has 0 aromatic rings. The third kappa shape index (κ3) is 1.80. The van der Waals surface area contributed by atoms with Gasteiger partial charge >= 0.3 is 0 Å². The average molecular weight is 203 g/mol. The Morgan fingerprint density at radius 2 is 2.33 bits per heavy atom. The Bertz CT molecular complexity index is 223. The van der Waals surface area contributed by atoms with Crippen molar-refractivity contribution in [3.05, 3.63) is 0 Å². The first-order valence-electron chi connectivity index (χ1n) is 4.30. The van der Waals surface area contributed by atoms with Crippen molar-refractivity contribution < 1.29 is 4.58 Å². The molecule has 4 heteroatoms. The SMILES string of the molecule is CCN1CC[N+](CC)=C1C(=S)S. The van der Waals surface area contributed by atoms with E-state index in [1.54, 1.807) is 0 Å². The second-order valence-corrected chi connectivity index (χ2v) is 3.95. The molecule has 0 bridgehead atoms. The molecule has 0 atom stereocenters. The van der Waals surface area contributed by atoms with E-state index in [9.17, 15) is 0 Å². The Morgan fingerprint density at radius 3 is 2.75 bits per heavy atom. The van der Waals surface area contributed by atoms with Crippen LogP contribution in [0.3, 0.4) is 0 Å². The van der Waals surface area contributed by atoms with Gasteiger partial charge in [-0.3, -0.25) is 9.48 Å². The van der Waals surface area contributed by atoms with Gasteiger partial charge in [0.2, 0.25) is 0 Å². The molecule has 0 saturated heterocycles. The molecule has 0 fully saturated rings. The predicted octanol–water partition coefficient (Wildman–Crippen LogP) is 1.01. The van der Waals surface area contributed by atoms with Crippen molar-refractivity contribution in [2.75, 3.05) is 26.2 Å². The first-order chi connectivity index (χ1) is 5.70. The Hall–Kier alpha value is -0.0900. The van der Waals surface area contributed by atoms with Gasteiger partial charge in [0.05, 0.1) is 13.1 Å². The zero-order valence-corrected chi connectivity index (χ0v) is 9.29. The van der Waals surface area contributed by atoms with Crippen LogP contribution in [0.4, 0.5) is 0 Å². The van der Waals surface area contributed by atoms with Crippen molar-refractivity contribution in [3.8, 4) is 0 Å². The first kappa shape index (κ1) is 9.99. The van der Waals surface area contributed by atoms with Crippen molar-refractivity contribution in [2.24, 2.45) is 0 Å². The number of nitrogens with zero attached hydrogens (tertiary/aromatic N) is 2. The van der Waals surface area contributed by atoms with E-state index in [0.29, 0.717) is 0 Å². The summed E-state index contributed by atoms with van der Waals surface area (Å²) in [7, 11) is 0. The molecule has 1 aliphatic rings. The summed E-state index contributed by atoms with van der Waals surface area (Å²) in [5, 5.41) is 0. The van der Waals surface area contributed by atoms with Crippen LogP contribution in [-0.2, 0) is 0 Å². The fraction of sp³-hybridized carbons (Fsp3) is 0.750. The lowest BCUT2D eigenvalue weighted by Crippen LogP contribution is -2.33. The fourth-order valence-electron chi connectivity index (χ4n) is 1.54. The summed E-state index contributed by atoms with van der Waals surface area (Å²) in [4.78, 5) is 2.28. The van der Waals surface area contributed by atoms with Crippen LogP contribution in [0, 0.1) is 0 Å². The summed E-state index contributed by atoms with van der Waals surface area (Å²) in [5.74, 6) is 1.14. The van der Waals surface area contributed by atoms with Gasteiger partial charge < -0.3 is 0 Å². The van der Waals surface area contributed by atoms with Crippen molar-refractivity contribution in [3.63, 3.8) is 0 Å². The molecule has 0 N–H and O–H groups in total. The minimum absolute atomic E-state index is 0.719. The number of thiocarbonyl (C=S) groups is 1. The van der Waals surface area contributed by atoms with Gasteiger partial charge in [0.1, 0.15) is 13.1 Å². The second kappa shape index (κ2) is 4.23. The summed E-state index contributed by atoms with van der Waals surface area (Å²) in [6.07, 6.45) is 0. The normalized spacial score (nSPS) is 17.4. The molecule has 0 radical (unpaired) electrons. The molecule has 0 amide bonds. The number of thiol groups is 1. The largest absolute Gasteiger partial charge is 0.296 e. The maximum Gasteiger partial charge on any atom is 0.296 e. The molecule has 0 saturated carbocycles. The molecule has 0 aliphatic carbocycles. The van der Waals surface area contributed by atoms with Crippen molar-refractivity contribution in [1.82, 2.24) is 4.90 Å². The van der Waals surface area contributed by atoms with E-state index in [-0.39, 0.29) is 0 Å². The number of hydrogen-bond donors (Lipinski definition) is 1. The smallest absolute Gasteiger partial charge is 0.257 e. The quantitative estimate of drug-likeness (QED) is 0.415. The van der Waals surface area contributed by atoms with E-state index in [0.717, 1.165) is 36.2 Å². The maximum absolute atomic E-state index is 5.09. The van der Waals surface area contributed by atoms with Crippen LogP contribution in [0.5, 0.6) is 0 Å². The van der Waals surface area contributed by atoms with Crippen LogP contribution in [-0.4, -0.2) is 45.7 Å². The van der Waals surface area contributed by atoms with E-state index < -0.39 is 0 Å². The Kier molecular flexibility index (Phi) is 3.53. The zero-order valence-electron chi connectivity index (χ0n) is 7.58. The lowest BCUT2D eigenvalue weighted by molar-refractivity contribution is -0.512. The first-order valence-corrected chi connectivity index (χ1v) is 5.16. The summed E-state index contributed by atoms with van der Waals surface area (Å²) in [5.41, 5.74) is 0. The highest BCUT2D eigenvalue weighted by Gasteiger charge is 2.29. The molecule has 0 aromatic carbocycles. The predicted molar refractivity (Wildman–Crippen MR) is 59.5 cm³/mol. The third-order valence-corrected chi connectivity index (χ3v) is 2.58. The van der Waals surface area contributed by atoms with Crippen LogP contribution in [0.2, 0.25) is 0 Å². The highest BCUT2D eigenvalue weighted by atomic mass is 32.1. The molecular weight excluding hydrogens is 188 g/mol. The van der Waals surface area contributed by atoms with E-state index in [4.69, 9.17) is 12.2 Å². The van der Waals surface area contributed by atoms with Gasteiger partial charge in [-0.25, -0.2) is 0 Å². The monoisotopic (exact) mass is 203 g/mol. The second-order valence-electron chi connectivity index (χ2n) is 2.79. The Morgan fingerprint density at radius 1 is 1.67 bits per heavy atom. The highest BCUT2D eigenvalue weighted by Crippen LogP contribution is 2.05. The van der Waals surface area contributed by atoms with Crippen molar-refractivity contribution >= 4 is 34.9 Å². The molecular formula is C8H15N2S2+. The Labute approximate surface area is 84.7 Å². The molecule has 12 heavy (non-hydrogen) atoms. The molecule has 2 nitrogen and oxygen atoms in total. The van der Waals surface area contributed by atoms with Gasteiger partial charge in [0.15, 0.2) is 4.20 Å². The van der Waals surface area contributed by atoms with Crippen molar-refractivity contribution in [2.45, 2.75) is 13.8 Å². The molecule has 0 aromatic heterocycles. The van der Waals surface area contributed by atoms with Gasteiger partial charge in [-0.2, -0.15) is 0 Å². The zero-order chi connectivity index (χ0) is 9.14. The Balaban J connectivity index is 2.88. The molecule has 1 heterocycles. The molecule has 1 aliphatic heterocycles. The van der Waals surface area contributed by atoms with Crippen molar-refractivity contribution in [1.29, 1.82) is 0 Å². The van der Waals surface area contributed by atoms with E-state index >= 15 is 0 Å². The lowest BCUT2D eigenvalue weighted by Gasteiger charge is -2.08.